The maximum atomic E-state index is 12.4. The third kappa shape index (κ3) is 2.89. The van der Waals surface area contributed by atoms with Crippen LogP contribution in [0.3, 0.4) is 0 Å². The number of Topliss-reactive ketones (excluding diaryl/α,β-unsaturated/α-hetero) is 1. The molecule has 2 aromatic carbocycles. The van der Waals surface area contributed by atoms with Crippen LogP contribution < -0.4 is 5.56 Å². The molecular weight excluding hydrogens is 334 g/mol. The Labute approximate surface area is 140 Å². The highest BCUT2D eigenvalue weighted by Crippen LogP contribution is 2.19. The standard InChI is InChI=1S/C16H10ClN3O4/c17-10-5-6-13-12(7-10)16(22)19(9-18-13)8-15(21)11-3-1-2-4-14(11)20(23)24/h1-7,9H,8H2. The molecule has 0 aliphatic heterocycles. The van der Waals surface area contributed by atoms with E-state index in [-0.39, 0.29) is 23.2 Å². The number of carbonyl (C=O) groups is 1. The van der Waals surface area contributed by atoms with Crippen LogP contribution in [-0.4, -0.2) is 20.3 Å². The maximum absolute atomic E-state index is 12.4. The van der Waals surface area contributed by atoms with Gasteiger partial charge in [-0.2, -0.15) is 0 Å². The van der Waals surface area contributed by atoms with Crippen LogP contribution >= 0.6 is 11.6 Å². The molecule has 120 valence electrons. The van der Waals surface area contributed by atoms with E-state index in [4.69, 9.17) is 11.6 Å². The van der Waals surface area contributed by atoms with Crippen molar-refractivity contribution in [2.75, 3.05) is 0 Å². The van der Waals surface area contributed by atoms with E-state index >= 15 is 0 Å². The highest BCUT2D eigenvalue weighted by molar-refractivity contribution is 6.31. The minimum absolute atomic E-state index is 0.0550. The van der Waals surface area contributed by atoms with Crippen molar-refractivity contribution in [3.8, 4) is 0 Å². The normalized spacial score (nSPS) is 10.7. The first kappa shape index (κ1) is 15.8. The summed E-state index contributed by atoms with van der Waals surface area (Å²) >= 11 is 5.88. The molecule has 0 atom stereocenters. The second kappa shape index (κ2) is 6.21. The van der Waals surface area contributed by atoms with Crippen molar-refractivity contribution in [2.24, 2.45) is 0 Å². The highest BCUT2D eigenvalue weighted by Gasteiger charge is 2.20. The lowest BCUT2D eigenvalue weighted by Gasteiger charge is -2.07. The van der Waals surface area contributed by atoms with Crippen molar-refractivity contribution in [1.82, 2.24) is 9.55 Å². The predicted molar refractivity (Wildman–Crippen MR) is 88.4 cm³/mol. The molecule has 3 aromatic rings. The van der Waals surface area contributed by atoms with Gasteiger partial charge in [0, 0.05) is 11.1 Å². The Hall–Kier alpha value is -3.06. The molecule has 0 saturated heterocycles. The molecule has 0 radical (unpaired) electrons. The summed E-state index contributed by atoms with van der Waals surface area (Å²) in [5.41, 5.74) is -0.332. The van der Waals surface area contributed by atoms with Crippen molar-refractivity contribution in [2.45, 2.75) is 6.54 Å². The number of halogens is 1. The molecule has 3 rings (SSSR count). The third-order valence-corrected chi connectivity index (χ3v) is 3.74. The fraction of sp³-hybridized carbons (Fsp3) is 0.0625. The molecule has 0 amide bonds. The number of ketones is 1. The van der Waals surface area contributed by atoms with Gasteiger partial charge in [0.1, 0.15) is 0 Å². The van der Waals surface area contributed by atoms with E-state index in [1.165, 1.54) is 36.7 Å². The second-order valence-corrected chi connectivity index (χ2v) is 5.47. The number of nitrogens with zero attached hydrogens (tertiary/aromatic N) is 3. The number of rotatable bonds is 4. The number of nitro benzene ring substituents is 1. The summed E-state index contributed by atoms with van der Waals surface area (Å²) in [5, 5.41) is 11.7. The zero-order valence-corrected chi connectivity index (χ0v) is 12.9. The molecule has 0 unspecified atom stereocenters. The van der Waals surface area contributed by atoms with Crippen molar-refractivity contribution in [3.63, 3.8) is 0 Å². The summed E-state index contributed by atoms with van der Waals surface area (Å²) in [6.07, 6.45) is 1.24. The molecule has 1 heterocycles. The quantitative estimate of drug-likeness (QED) is 0.412. The van der Waals surface area contributed by atoms with Gasteiger partial charge >= 0.3 is 0 Å². The van der Waals surface area contributed by atoms with Crippen molar-refractivity contribution < 1.29 is 9.72 Å². The number of carbonyl (C=O) groups excluding carboxylic acids is 1. The van der Waals surface area contributed by atoms with Crippen LogP contribution in [0, 0.1) is 10.1 Å². The maximum Gasteiger partial charge on any atom is 0.280 e. The molecule has 0 saturated carbocycles. The Kier molecular flexibility index (Phi) is 4.09. The van der Waals surface area contributed by atoms with Gasteiger partial charge in [0.25, 0.3) is 11.2 Å². The Morgan fingerprint density at radius 1 is 1.25 bits per heavy atom. The number of benzene rings is 2. The zero-order valence-electron chi connectivity index (χ0n) is 12.2. The number of fused-ring (bicyclic) bond motifs is 1. The number of hydrogen-bond donors (Lipinski definition) is 0. The molecule has 1 aromatic heterocycles. The summed E-state index contributed by atoms with van der Waals surface area (Å²) in [5.74, 6) is -0.549. The minimum Gasteiger partial charge on any atom is -0.292 e. The van der Waals surface area contributed by atoms with E-state index in [0.29, 0.717) is 10.5 Å². The molecule has 0 aliphatic carbocycles. The van der Waals surface area contributed by atoms with Gasteiger partial charge in [-0.3, -0.25) is 24.3 Å². The van der Waals surface area contributed by atoms with Crippen LogP contribution in [0.2, 0.25) is 5.02 Å². The van der Waals surface area contributed by atoms with Crippen LogP contribution in [0.15, 0.2) is 53.6 Å². The third-order valence-electron chi connectivity index (χ3n) is 3.50. The van der Waals surface area contributed by atoms with Crippen LogP contribution in [0.25, 0.3) is 10.9 Å². The molecular formula is C16H10ClN3O4. The first-order valence-corrected chi connectivity index (χ1v) is 7.26. The zero-order chi connectivity index (χ0) is 17.3. The van der Waals surface area contributed by atoms with Gasteiger partial charge in [0.15, 0.2) is 5.78 Å². The lowest BCUT2D eigenvalue weighted by Crippen LogP contribution is -2.25. The van der Waals surface area contributed by atoms with Crippen molar-refractivity contribution >= 4 is 34.0 Å². The summed E-state index contributed by atoms with van der Waals surface area (Å²) in [4.78, 5) is 39.3. The Balaban J connectivity index is 2.02. The van der Waals surface area contributed by atoms with Gasteiger partial charge in [-0.1, -0.05) is 23.7 Å². The van der Waals surface area contributed by atoms with Gasteiger partial charge in [0.2, 0.25) is 0 Å². The summed E-state index contributed by atoms with van der Waals surface area (Å²) < 4.78 is 1.11. The van der Waals surface area contributed by atoms with Crippen molar-refractivity contribution in [3.05, 3.63) is 79.8 Å². The molecule has 24 heavy (non-hydrogen) atoms. The monoisotopic (exact) mass is 343 g/mol. The fourth-order valence-corrected chi connectivity index (χ4v) is 2.52. The van der Waals surface area contributed by atoms with E-state index in [2.05, 4.69) is 4.98 Å². The van der Waals surface area contributed by atoms with E-state index in [1.807, 2.05) is 0 Å². The SMILES string of the molecule is O=C(Cn1cnc2ccc(Cl)cc2c1=O)c1ccccc1[N+](=O)[O-]. The first-order valence-electron chi connectivity index (χ1n) is 6.88. The highest BCUT2D eigenvalue weighted by atomic mass is 35.5. The van der Waals surface area contributed by atoms with E-state index < -0.39 is 16.3 Å². The molecule has 0 N–H and O–H groups in total. The van der Waals surface area contributed by atoms with Crippen LogP contribution in [0.5, 0.6) is 0 Å². The lowest BCUT2D eigenvalue weighted by molar-refractivity contribution is -0.385. The Morgan fingerprint density at radius 3 is 2.75 bits per heavy atom. The number of nitro groups is 1. The van der Waals surface area contributed by atoms with Gasteiger partial charge in [-0.05, 0) is 24.3 Å². The van der Waals surface area contributed by atoms with Gasteiger partial charge < -0.3 is 0 Å². The summed E-state index contributed by atoms with van der Waals surface area (Å²) in [6, 6.07) is 10.3. The van der Waals surface area contributed by atoms with Crippen molar-refractivity contribution in [1.29, 1.82) is 0 Å². The topological polar surface area (TPSA) is 95.1 Å². The average Bonchev–Trinajstić information content (AvgIpc) is 2.57. The average molecular weight is 344 g/mol. The molecule has 0 spiro atoms. The Bertz CT molecular complexity index is 1030. The minimum atomic E-state index is -0.631. The number of para-hydroxylation sites is 1. The first-order chi connectivity index (χ1) is 11.5. The molecule has 8 heteroatoms. The van der Waals surface area contributed by atoms with E-state index in [1.54, 1.807) is 12.1 Å². The molecule has 0 bridgehead atoms. The fourth-order valence-electron chi connectivity index (χ4n) is 2.35. The largest absolute Gasteiger partial charge is 0.292 e. The Morgan fingerprint density at radius 2 is 2.00 bits per heavy atom. The number of hydrogen-bond acceptors (Lipinski definition) is 5. The summed E-state index contributed by atoms with van der Waals surface area (Å²) in [7, 11) is 0. The number of aromatic nitrogens is 2. The van der Waals surface area contributed by atoms with E-state index in [0.717, 1.165) is 4.57 Å². The predicted octanol–water partition coefficient (Wildman–Crippen LogP) is 2.84. The van der Waals surface area contributed by atoms with Gasteiger partial charge in [-0.25, -0.2) is 4.98 Å². The van der Waals surface area contributed by atoms with E-state index in [9.17, 15) is 19.7 Å². The second-order valence-electron chi connectivity index (χ2n) is 5.04. The molecule has 7 nitrogen and oxygen atoms in total. The molecule has 0 aliphatic rings. The van der Waals surface area contributed by atoms with Crippen LogP contribution in [0.4, 0.5) is 5.69 Å². The van der Waals surface area contributed by atoms with Gasteiger partial charge in [0.05, 0.1) is 34.3 Å². The van der Waals surface area contributed by atoms with Gasteiger partial charge in [-0.15, -0.1) is 0 Å². The lowest BCUT2D eigenvalue weighted by atomic mass is 10.1. The smallest absolute Gasteiger partial charge is 0.280 e. The van der Waals surface area contributed by atoms with Crippen LogP contribution in [-0.2, 0) is 6.54 Å². The van der Waals surface area contributed by atoms with Crippen LogP contribution in [0.1, 0.15) is 10.4 Å². The molecule has 0 fully saturated rings. The summed E-state index contributed by atoms with van der Waals surface area (Å²) in [6.45, 7) is -0.348.